The predicted octanol–water partition coefficient (Wildman–Crippen LogP) is 1.52. The maximum Gasteiger partial charge on any atom is 0.243 e. The molecular formula is C16H22N2O4S2. The van der Waals surface area contributed by atoms with Crippen molar-refractivity contribution in [3.8, 4) is 0 Å². The standard InChI is InChI=1S/C16H22N2O4S2/c1-2-14-6-8-16(9-7-14)24(21,22)17-10-3-5-15(13-17)18-11-4-12-23(18,19)20/h2,6-9,15H,1,3-5,10-13H2/t15-/m0/s1. The van der Waals surface area contributed by atoms with Gasteiger partial charge in [-0.15, -0.1) is 0 Å². The summed E-state index contributed by atoms with van der Waals surface area (Å²) < 4.78 is 52.8. The fourth-order valence-electron chi connectivity index (χ4n) is 3.37. The van der Waals surface area contributed by atoms with Crippen molar-refractivity contribution in [1.29, 1.82) is 0 Å². The molecule has 1 aromatic carbocycles. The van der Waals surface area contributed by atoms with E-state index in [1.807, 2.05) is 0 Å². The highest BCUT2D eigenvalue weighted by molar-refractivity contribution is 7.89. The molecule has 132 valence electrons. The monoisotopic (exact) mass is 370 g/mol. The van der Waals surface area contributed by atoms with Gasteiger partial charge in [-0.3, -0.25) is 0 Å². The van der Waals surface area contributed by atoms with Crippen LogP contribution in [-0.4, -0.2) is 56.9 Å². The molecule has 0 N–H and O–H groups in total. The van der Waals surface area contributed by atoms with Gasteiger partial charge in [0.1, 0.15) is 0 Å². The molecule has 0 saturated carbocycles. The summed E-state index contributed by atoms with van der Waals surface area (Å²) in [6, 6.07) is 6.32. The van der Waals surface area contributed by atoms with Crippen molar-refractivity contribution in [3.63, 3.8) is 0 Å². The number of nitrogens with zero attached hydrogens (tertiary/aromatic N) is 2. The van der Waals surface area contributed by atoms with Crippen LogP contribution in [-0.2, 0) is 20.0 Å². The average molecular weight is 370 g/mol. The van der Waals surface area contributed by atoms with Gasteiger partial charge in [0, 0.05) is 25.7 Å². The Morgan fingerprint density at radius 3 is 2.42 bits per heavy atom. The number of piperidine rings is 1. The highest BCUT2D eigenvalue weighted by Gasteiger charge is 2.39. The fourth-order valence-corrected chi connectivity index (χ4v) is 6.65. The predicted molar refractivity (Wildman–Crippen MR) is 93.4 cm³/mol. The molecule has 1 aromatic rings. The van der Waals surface area contributed by atoms with Crippen LogP contribution in [0.25, 0.3) is 6.08 Å². The van der Waals surface area contributed by atoms with Crippen LogP contribution in [0, 0.1) is 0 Å². The maximum absolute atomic E-state index is 12.8. The third kappa shape index (κ3) is 3.28. The van der Waals surface area contributed by atoms with Crippen LogP contribution in [0.2, 0.25) is 0 Å². The minimum atomic E-state index is -3.61. The number of hydrogen-bond acceptors (Lipinski definition) is 4. The van der Waals surface area contributed by atoms with Crippen molar-refractivity contribution < 1.29 is 16.8 Å². The molecule has 0 spiro atoms. The lowest BCUT2D eigenvalue weighted by Gasteiger charge is -2.36. The van der Waals surface area contributed by atoms with Gasteiger partial charge in [-0.25, -0.2) is 16.8 Å². The Hall–Kier alpha value is -1.22. The zero-order valence-electron chi connectivity index (χ0n) is 13.5. The van der Waals surface area contributed by atoms with E-state index in [0.29, 0.717) is 32.4 Å². The molecule has 2 aliphatic heterocycles. The van der Waals surface area contributed by atoms with Crippen LogP contribution < -0.4 is 0 Å². The smallest absolute Gasteiger partial charge is 0.212 e. The molecule has 8 heteroatoms. The normalized spacial score (nSPS) is 25.6. The van der Waals surface area contributed by atoms with Crippen molar-refractivity contribution in [2.24, 2.45) is 0 Å². The Bertz CT molecular complexity index is 816. The van der Waals surface area contributed by atoms with Crippen LogP contribution in [0.4, 0.5) is 0 Å². The third-order valence-electron chi connectivity index (χ3n) is 4.66. The van der Waals surface area contributed by atoms with Gasteiger partial charge in [0.05, 0.1) is 10.6 Å². The van der Waals surface area contributed by atoms with Crippen LogP contribution in [0.15, 0.2) is 35.7 Å². The first kappa shape index (κ1) is 17.6. The van der Waals surface area contributed by atoms with Crippen LogP contribution in [0.3, 0.4) is 0 Å². The first-order chi connectivity index (χ1) is 11.3. The van der Waals surface area contributed by atoms with E-state index in [1.165, 1.54) is 8.61 Å². The second kappa shape index (κ2) is 6.59. The summed E-state index contributed by atoms with van der Waals surface area (Å²) in [4.78, 5) is 0.234. The van der Waals surface area contributed by atoms with Crippen molar-refractivity contribution >= 4 is 26.1 Å². The molecule has 24 heavy (non-hydrogen) atoms. The SMILES string of the molecule is C=Cc1ccc(S(=O)(=O)N2CCC[C@H](N3CCCS3(=O)=O)C2)cc1. The lowest BCUT2D eigenvalue weighted by molar-refractivity contribution is 0.219. The molecule has 0 aliphatic carbocycles. The molecule has 0 amide bonds. The number of rotatable bonds is 4. The lowest BCUT2D eigenvalue weighted by Crippen LogP contribution is -2.50. The second-order valence-corrected chi connectivity index (χ2v) is 10.2. The summed E-state index contributed by atoms with van der Waals surface area (Å²) >= 11 is 0. The molecule has 2 aliphatic rings. The number of hydrogen-bond donors (Lipinski definition) is 0. The average Bonchev–Trinajstić information content (AvgIpc) is 2.94. The molecule has 0 bridgehead atoms. The highest BCUT2D eigenvalue weighted by Crippen LogP contribution is 2.27. The Kier molecular flexibility index (Phi) is 4.83. The van der Waals surface area contributed by atoms with Crippen LogP contribution in [0.5, 0.6) is 0 Å². The molecule has 0 aromatic heterocycles. The van der Waals surface area contributed by atoms with E-state index in [4.69, 9.17) is 0 Å². The van der Waals surface area contributed by atoms with E-state index in [9.17, 15) is 16.8 Å². The molecule has 2 saturated heterocycles. The van der Waals surface area contributed by atoms with Gasteiger partial charge in [0.15, 0.2) is 0 Å². The quantitative estimate of drug-likeness (QED) is 0.805. The summed E-state index contributed by atoms with van der Waals surface area (Å²) in [5.74, 6) is 0.166. The Balaban J connectivity index is 1.81. The van der Waals surface area contributed by atoms with Gasteiger partial charge in [0.2, 0.25) is 20.0 Å². The molecule has 3 rings (SSSR count). The molecule has 1 atom stereocenters. The minimum absolute atomic E-state index is 0.166. The summed E-state index contributed by atoms with van der Waals surface area (Å²) in [7, 11) is -6.84. The molecular weight excluding hydrogens is 348 g/mol. The van der Waals surface area contributed by atoms with E-state index in [0.717, 1.165) is 5.56 Å². The number of benzene rings is 1. The fraction of sp³-hybridized carbons (Fsp3) is 0.500. The minimum Gasteiger partial charge on any atom is -0.212 e. The summed E-state index contributed by atoms with van der Waals surface area (Å²) in [5, 5.41) is 0. The third-order valence-corrected chi connectivity index (χ3v) is 8.54. The topological polar surface area (TPSA) is 74.8 Å². The van der Waals surface area contributed by atoms with Gasteiger partial charge in [-0.1, -0.05) is 24.8 Å². The van der Waals surface area contributed by atoms with Gasteiger partial charge >= 0.3 is 0 Å². The molecule has 0 unspecified atom stereocenters. The van der Waals surface area contributed by atoms with E-state index in [-0.39, 0.29) is 23.2 Å². The van der Waals surface area contributed by atoms with Crippen molar-refractivity contribution in [2.75, 3.05) is 25.4 Å². The molecule has 0 radical (unpaired) electrons. The first-order valence-electron chi connectivity index (χ1n) is 8.07. The Morgan fingerprint density at radius 2 is 1.83 bits per heavy atom. The largest absolute Gasteiger partial charge is 0.243 e. The summed E-state index contributed by atoms with van der Waals surface area (Å²) in [5.41, 5.74) is 0.855. The van der Waals surface area contributed by atoms with Crippen molar-refractivity contribution in [1.82, 2.24) is 8.61 Å². The zero-order valence-corrected chi connectivity index (χ0v) is 15.1. The van der Waals surface area contributed by atoms with E-state index in [1.54, 1.807) is 30.3 Å². The molecule has 2 fully saturated rings. The Morgan fingerprint density at radius 1 is 1.12 bits per heavy atom. The lowest BCUT2D eigenvalue weighted by atomic mass is 10.1. The van der Waals surface area contributed by atoms with Gasteiger partial charge in [-0.2, -0.15) is 8.61 Å². The molecule has 6 nitrogen and oxygen atoms in total. The van der Waals surface area contributed by atoms with Gasteiger partial charge in [0.25, 0.3) is 0 Å². The second-order valence-electron chi connectivity index (χ2n) is 6.21. The first-order valence-corrected chi connectivity index (χ1v) is 11.1. The molecule has 2 heterocycles. The van der Waals surface area contributed by atoms with Gasteiger partial charge in [-0.05, 0) is 37.0 Å². The highest BCUT2D eigenvalue weighted by atomic mass is 32.2. The van der Waals surface area contributed by atoms with Crippen molar-refractivity contribution in [3.05, 3.63) is 36.4 Å². The van der Waals surface area contributed by atoms with Crippen LogP contribution >= 0.6 is 0 Å². The van der Waals surface area contributed by atoms with E-state index < -0.39 is 20.0 Å². The summed E-state index contributed by atoms with van der Waals surface area (Å²) in [6.45, 7) is 4.81. The number of sulfonamides is 2. The zero-order chi connectivity index (χ0) is 17.4. The van der Waals surface area contributed by atoms with Crippen LogP contribution in [0.1, 0.15) is 24.8 Å². The maximum atomic E-state index is 12.8. The Labute approximate surface area is 143 Å². The summed E-state index contributed by atoms with van der Waals surface area (Å²) in [6.07, 6.45) is 3.65. The van der Waals surface area contributed by atoms with Crippen molar-refractivity contribution in [2.45, 2.75) is 30.2 Å². The van der Waals surface area contributed by atoms with E-state index in [2.05, 4.69) is 6.58 Å². The van der Waals surface area contributed by atoms with Gasteiger partial charge < -0.3 is 0 Å². The van der Waals surface area contributed by atoms with E-state index >= 15 is 0 Å².